The van der Waals surface area contributed by atoms with Crippen molar-refractivity contribution in [3.8, 4) is 0 Å². The van der Waals surface area contributed by atoms with Crippen LogP contribution in [0.5, 0.6) is 0 Å². The van der Waals surface area contributed by atoms with Crippen molar-refractivity contribution in [3.63, 3.8) is 0 Å². The molecule has 1 aromatic carbocycles. The van der Waals surface area contributed by atoms with Gasteiger partial charge in [-0.25, -0.2) is 13.2 Å². The molecule has 148 valence electrons. The number of ether oxygens (including phenoxy) is 1. The molecule has 8 nitrogen and oxygen atoms in total. The Morgan fingerprint density at radius 2 is 1.85 bits per heavy atom. The minimum Gasteiger partial charge on any atom is -0.454 e. The van der Waals surface area contributed by atoms with Crippen LogP contribution in [-0.4, -0.2) is 56.9 Å². The zero-order valence-corrected chi connectivity index (χ0v) is 16.3. The second-order valence-electron chi connectivity index (χ2n) is 6.40. The summed E-state index contributed by atoms with van der Waals surface area (Å²) in [5.74, 6) is -2.20. The van der Waals surface area contributed by atoms with E-state index < -0.39 is 40.3 Å². The maximum absolute atomic E-state index is 12.3. The van der Waals surface area contributed by atoms with Crippen LogP contribution in [0.1, 0.15) is 29.6 Å². The van der Waals surface area contributed by atoms with E-state index in [0.29, 0.717) is 5.02 Å². The average molecular weight is 417 g/mol. The number of carbonyl (C=O) groups is 3. The highest BCUT2D eigenvalue weighted by Gasteiger charge is 2.27. The van der Waals surface area contributed by atoms with Crippen molar-refractivity contribution in [3.05, 3.63) is 34.9 Å². The van der Waals surface area contributed by atoms with E-state index in [-0.39, 0.29) is 23.8 Å². The van der Waals surface area contributed by atoms with Crippen molar-refractivity contribution in [1.29, 1.82) is 0 Å². The van der Waals surface area contributed by atoms with E-state index >= 15 is 0 Å². The third-order valence-electron chi connectivity index (χ3n) is 3.76. The van der Waals surface area contributed by atoms with Gasteiger partial charge in [-0.3, -0.25) is 9.59 Å². The zero-order chi connectivity index (χ0) is 20.0. The van der Waals surface area contributed by atoms with Gasteiger partial charge in [-0.2, -0.15) is 0 Å². The van der Waals surface area contributed by atoms with Gasteiger partial charge in [0.05, 0.1) is 5.75 Å². The van der Waals surface area contributed by atoms with Crippen LogP contribution in [-0.2, 0) is 24.2 Å². The van der Waals surface area contributed by atoms with Crippen LogP contribution >= 0.6 is 11.6 Å². The lowest BCUT2D eigenvalue weighted by molar-refractivity contribution is -0.150. The molecule has 1 aliphatic rings. The summed E-state index contributed by atoms with van der Waals surface area (Å²) < 4.78 is 27.7. The van der Waals surface area contributed by atoms with Crippen LogP contribution in [0.25, 0.3) is 0 Å². The van der Waals surface area contributed by atoms with Gasteiger partial charge in [-0.1, -0.05) is 11.6 Å². The SMILES string of the molecule is CS(=O)(=O)CC[C@H](NC(=O)c1ccc(Cl)cc1)C(=O)OCC(=O)NC1CC1. The van der Waals surface area contributed by atoms with E-state index in [4.69, 9.17) is 16.3 Å². The molecule has 0 heterocycles. The quantitative estimate of drug-likeness (QED) is 0.572. The Kier molecular flexibility index (Phi) is 7.20. The molecule has 1 atom stereocenters. The monoisotopic (exact) mass is 416 g/mol. The van der Waals surface area contributed by atoms with Gasteiger partial charge in [0.2, 0.25) is 0 Å². The van der Waals surface area contributed by atoms with Crippen molar-refractivity contribution in [2.24, 2.45) is 0 Å². The van der Waals surface area contributed by atoms with Gasteiger partial charge in [0.15, 0.2) is 6.61 Å². The highest BCUT2D eigenvalue weighted by Crippen LogP contribution is 2.18. The van der Waals surface area contributed by atoms with Crippen molar-refractivity contribution in [2.75, 3.05) is 18.6 Å². The maximum Gasteiger partial charge on any atom is 0.329 e. The lowest BCUT2D eigenvalue weighted by Crippen LogP contribution is -2.44. The Bertz CT molecular complexity index is 805. The fraction of sp³-hybridized carbons (Fsp3) is 0.471. The van der Waals surface area contributed by atoms with E-state index in [1.165, 1.54) is 24.3 Å². The summed E-state index contributed by atoms with van der Waals surface area (Å²) in [6, 6.07) is 4.91. The summed E-state index contributed by atoms with van der Waals surface area (Å²) in [7, 11) is -3.35. The van der Waals surface area contributed by atoms with Crippen LogP contribution < -0.4 is 10.6 Å². The summed E-state index contributed by atoms with van der Waals surface area (Å²) in [6.07, 6.45) is 2.66. The summed E-state index contributed by atoms with van der Waals surface area (Å²) in [4.78, 5) is 36.2. The van der Waals surface area contributed by atoms with E-state index in [9.17, 15) is 22.8 Å². The Labute approximate surface area is 162 Å². The van der Waals surface area contributed by atoms with Crippen molar-refractivity contribution in [1.82, 2.24) is 10.6 Å². The highest BCUT2D eigenvalue weighted by molar-refractivity contribution is 7.90. The maximum atomic E-state index is 12.3. The smallest absolute Gasteiger partial charge is 0.329 e. The number of hydrogen-bond acceptors (Lipinski definition) is 6. The molecule has 0 radical (unpaired) electrons. The normalized spacial score (nSPS) is 14.9. The number of rotatable bonds is 9. The van der Waals surface area contributed by atoms with Gasteiger partial charge >= 0.3 is 5.97 Å². The number of hydrogen-bond donors (Lipinski definition) is 2. The summed E-state index contributed by atoms with van der Waals surface area (Å²) in [6.45, 7) is -0.485. The molecule has 0 bridgehead atoms. The second kappa shape index (κ2) is 9.18. The molecule has 2 N–H and O–H groups in total. The Hall–Kier alpha value is -2.13. The van der Waals surface area contributed by atoms with Crippen LogP contribution in [0, 0.1) is 0 Å². The third-order valence-corrected chi connectivity index (χ3v) is 4.99. The fourth-order valence-corrected chi connectivity index (χ4v) is 2.95. The largest absolute Gasteiger partial charge is 0.454 e. The molecular weight excluding hydrogens is 396 g/mol. The predicted molar refractivity (Wildman–Crippen MR) is 99.2 cm³/mol. The molecule has 2 amide bonds. The molecule has 0 unspecified atom stereocenters. The Balaban J connectivity index is 1.97. The molecule has 0 spiro atoms. The number of nitrogens with one attached hydrogen (secondary N) is 2. The molecule has 1 saturated carbocycles. The number of benzene rings is 1. The lowest BCUT2D eigenvalue weighted by Gasteiger charge is -2.17. The molecule has 27 heavy (non-hydrogen) atoms. The van der Waals surface area contributed by atoms with E-state index in [1.807, 2.05) is 0 Å². The van der Waals surface area contributed by atoms with Gasteiger partial charge in [-0.15, -0.1) is 0 Å². The summed E-state index contributed by atoms with van der Waals surface area (Å²) in [5, 5.41) is 5.56. The number of esters is 1. The molecule has 1 aromatic rings. The molecular formula is C17H21ClN2O6S. The molecule has 0 aliphatic heterocycles. The molecule has 2 rings (SSSR count). The van der Waals surface area contributed by atoms with Gasteiger partial charge < -0.3 is 15.4 Å². The highest BCUT2D eigenvalue weighted by atomic mass is 35.5. The average Bonchev–Trinajstić information content (AvgIpc) is 3.40. The van der Waals surface area contributed by atoms with Crippen LogP contribution in [0.2, 0.25) is 5.02 Å². The number of amides is 2. The Morgan fingerprint density at radius 1 is 1.22 bits per heavy atom. The van der Waals surface area contributed by atoms with Gasteiger partial charge in [0, 0.05) is 22.9 Å². The van der Waals surface area contributed by atoms with Crippen molar-refractivity contribution in [2.45, 2.75) is 31.3 Å². The van der Waals surface area contributed by atoms with E-state index in [0.717, 1.165) is 19.1 Å². The summed E-state index contributed by atoms with van der Waals surface area (Å²) in [5.41, 5.74) is 0.253. The van der Waals surface area contributed by atoms with Crippen LogP contribution in [0.4, 0.5) is 0 Å². The number of halogens is 1. The first-order valence-corrected chi connectivity index (χ1v) is 10.8. The van der Waals surface area contributed by atoms with Crippen LogP contribution in [0.3, 0.4) is 0 Å². The second-order valence-corrected chi connectivity index (χ2v) is 9.10. The van der Waals surface area contributed by atoms with Crippen molar-refractivity contribution >= 4 is 39.2 Å². The van der Waals surface area contributed by atoms with Gasteiger partial charge in [-0.05, 0) is 43.5 Å². The van der Waals surface area contributed by atoms with Gasteiger partial charge in [0.25, 0.3) is 11.8 Å². The molecule has 0 saturated heterocycles. The molecule has 0 aromatic heterocycles. The number of sulfone groups is 1. The Morgan fingerprint density at radius 3 is 2.41 bits per heavy atom. The molecule has 1 fully saturated rings. The number of carbonyl (C=O) groups excluding carboxylic acids is 3. The first-order valence-electron chi connectivity index (χ1n) is 8.34. The zero-order valence-electron chi connectivity index (χ0n) is 14.7. The van der Waals surface area contributed by atoms with E-state index in [2.05, 4.69) is 10.6 Å². The predicted octanol–water partition coefficient (Wildman–Crippen LogP) is 0.695. The van der Waals surface area contributed by atoms with Gasteiger partial charge in [0.1, 0.15) is 15.9 Å². The topological polar surface area (TPSA) is 119 Å². The third kappa shape index (κ3) is 7.96. The molecule has 10 heteroatoms. The first kappa shape index (κ1) is 21.2. The summed E-state index contributed by atoms with van der Waals surface area (Å²) >= 11 is 5.77. The lowest BCUT2D eigenvalue weighted by atomic mass is 10.1. The fourth-order valence-electron chi connectivity index (χ4n) is 2.16. The van der Waals surface area contributed by atoms with E-state index in [1.54, 1.807) is 0 Å². The van der Waals surface area contributed by atoms with Crippen LogP contribution in [0.15, 0.2) is 24.3 Å². The molecule has 1 aliphatic carbocycles. The standard InChI is InChI=1S/C17H21ClN2O6S/c1-27(24,25)9-8-14(17(23)26-10-15(21)19-13-6-7-13)20-16(22)11-2-4-12(18)5-3-11/h2-5,13-14H,6-10H2,1H3,(H,19,21)(H,20,22)/t14-/m0/s1. The van der Waals surface area contributed by atoms with Crippen molar-refractivity contribution < 1.29 is 27.5 Å². The first-order chi connectivity index (χ1) is 12.6. The minimum absolute atomic E-state index is 0.127. The minimum atomic E-state index is -3.35.